The molecule has 5 nitrogen and oxygen atoms in total. The fourth-order valence-corrected chi connectivity index (χ4v) is 9.36. The first-order valence-electron chi connectivity index (χ1n) is 19.2. The summed E-state index contributed by atoms with van der Waals surface area (Å²) in [5, 5.41) is 6.22. The van der Waals surface area contributed by atoms with E-state index in [9.17, 15) is 0 Å². The number of nitrogens with one attached hydrogen (secondary N) is 1. The van der Waals surface area contributed by atoms with E-state index < -0.39 is 0 Å². The number of para-hydroxylation sites is 3. The van der Waals surface area contributed by atoms with Gasteiger partial charge in [-0.15, -0.1) is 0 Å². The van der Waals surface area contributed by atoms with Crippen LogP contribution in [-0.2, 0) is 5.41 Å². The molecule has 0 fully saturated rings. The van der Waals surface area contributed by atoms with Crippen LogP contribution in [0, 0.1) is 0 Å². The van der Waals surface area contributed by atoms with Gasteiger partial charge in [0.05, 0.1) is 34.6 Å². The van der Waals surface area contributed by atoms with E-state index in [0.29, 0.717) is 0 Å². The number of nitrogens with two attached hydrogens (primary N) is 2. The van der Waals surface area contributed by atoms with Crippen molar-refractivity contribution in [3.05, 3.63) is 216 Å². The van der Waals surface area contributed by atoms with Crippen molar-refractivity contribution in [2.75, 3.05) is 0 Å². The Hall–Kier alpha value is -6.24. The van der Waals surface area contributed by atoms with Crippen LogP contribution in [0.1, 0.15) is 58.9 Å². The van der Waals surface area contributed by atoms with E-state index in [4.69, 9.17) is 11.5 Å². The molecule has 5 N–H and O–H groups in total. The Morgan fingerprint density at radius 2 is 1.09 bits per heavy atom. The van der Waals surface area contributed by atoms with Gasteiger partial charge in [0.1, 0.15) is 0 Å². The van der Waals surface area contributed by atoms with Crippen molar-refractivity contribution in [1.29, 1.82) is 0 Å². The lowest BCUT2D eigenvalue weighted by Crippen LogP contribution is -2.38. The molecule has 4 unspecified atom stereocenters. The highest BCUT2D eigenvalue weighted by Crippen LogP contribution is 2.59. The van der Waals surface area contributed by atoms with Crippen molar-refractivity contribution in [3.63, 3.8) is 0 Å². The highest BCUT2D eigenvalue weighted by atomic mass is 15.1. The van der Waals surface area contributed by atoms with Gasteiger partial charge in [-0.2, -0.15) is 0 Å². The average Bonchev–Trinajstić information content (AvgIpc) is 3.78. The molecule has 2 aliphatic rings. The molecule has 2 aromatic heterocycles. The predicted molar refractivity (Wildman–Crippen MR) is 227 cm³/mol. The molecule has 10 rings (SSSR count). The Labute approximate surface area is 321 Å². The minimum atomic E-state index is -0.381. The molecular weight excluding hydrogens is 671 g/mol. The second kappa shape index (κ2) is 13.3. The number of aromatic nitrogens is 2. The highest BCUT2D eigenvalue weighted by Gasteiger charge is 2.47. The third-order valence-electron chi connectivity index (χ3n) is 12.0. The van der Waals surface area contributed by atoms with Crippen molar-refractivity contribution in [2.45, 2.75) is 36.5 Å². The zero-order valence-electron chi connectivity index (χ0n) is 30.8. The SMILES string of the molecule is CC12C=CC=CC1c1c(n(-c3ccccc3)c3ccccc13)-c1c2c2ccccc2n1-c1ccc([C@H](N)C(NC(N)c2ccccc2)c2ccccc2)cc1. The Balaban J connectivity index is 1.16. The molecular formula is C50H43N5. The van der Waals surface area contributed by atoms with E-state index in [-0.39, 0.29) is 29.6 Å². The second-order valence-electron chi connectivity index (χ2n) is 15.1. The molecule has 0 saturated heterocycles. The predicted octanol–water partition coefficient (Wildman–Crippen LogP) is 10.7. The van der Waals surface area contributed by atoms with Gasteiger partial charge >= 0.3 is 0 Å². The van der Waals surface area contributed by atoms with Gasteiger partial charge in [-0.1, -0.05) is 159 Å². The highest BCUT2D eigenvalue weighted by molar-refractivity contribution is 6.03. The third-order valence-corrected chi connectivity index (χ3v) is 12.0. The van der Waals surface area contributed by atoms with Crippen molar-refractivity contribution in [3.8, 4) is 22.8 Å². The maximum Gasteiger partial charge on any atom is 0.0815 e. The van der Waals surface area contributed by atoms with E-state index in [1.807, 2.05) is 36.4 Å². The molecule has 268 valence electrons. The summed E-state index contributed by atoms with van der Waals surface area (Å²) in [7, 11) is 0. The van der Waals surface area contributed by atoms with E-state index in [0.717, 1.165) is 28.1 Å². The van der Waals surface area contributed by atoms with Crippen LogP contribution in [0.25, 0.3) is 44.6 Å². The smallest absolute Gasteiger partial charge is 0.0815 e. The zero-order valence-corrected chi connectivity index (χ0v) is 30.8. The average molecular weight is 714 g/mol. The number of allylic oxidation sites excluding steroid dienone is 4. The van der Waals surface area contributed by atoms with Crippen molar-refractivity contribution in [2.24, 2.45) is 11.5 Å². The molecule has 2 heterocycles. The maximum absolute atomic E-state index is 7.21. The van der Waals surface area contributed by atoms with Crippen LogP contribution in [0.15, 0.2) is 188 Å². The lowest BCUT2D eigenvalue weighted by Gasteiger charge is -2.41. The van der Waals surface area contributed by atoms with Gasteiger partial charge in [0.2, 0.25) is 0 Å². The van der Waals surface area contributed by atoms with Crippen molar-refractivity contribution < 1.29 is 0 Å². The van der Waals surface area contributed by atoms with Crippen LogP contribution < -0.4 is 16.8 Å². The minimum absolute atomic E-state index is 0.166. The molecule has 0 radical (unpaired) electrons. The number of hydrogen-bond donors (Lipinski definition) is 3. The first-order valence-corrected chi connectivity index (χ1v) is 19.2. The minimum Gasteiger partial charge on any atom is -0.322 e. The van der Waals surface area contributed by atoms with E-state index in [1.54, 1.807) is 0 Å². The number of hydrogen-bond acceptors (Lipinski definition) is 3. The number of benzene rings is 6. The fourth-order valence-electron chi connectivity index (χ4n) is 9.36. The van der Waals surface area contributed by atoms with Gasteiger partial charge in [-0.05, 0) is 64.2 Å². The molecule has 0 aliphatic heterocycles. The summed E-state index contributed by atoms with van der Waals surface area (Å²) in [6.07, 6.45) is 8.90. The Kier molecular flexibility index (Phi) is 8.03. The molecule has 0 spiro atoms. The van der Waals surface area contributed by atoms with Crippen LogP contribution >= 0.6 is 0 Å². The van der Waals surface area contributed by atoms with Gasteiger partial charge in [-0.25, -0.2) is 0 Å². The van der Waals surface area contributed by atoms with Crippen molar-refractivity contribution in [1.82, 2.24) is 14.5 Å². The standard InChI is InChI=1S/C50H43N5/c1-50-32-16-15-25-40(50)43-38-23-11-13-26-41(38)54(36-21-9-4-10-22-36)47(43)48-44(50)39-24-12-14-27-42(39)55(48)37-30-28-33(29-31-37)45(51)46(34-17-5-2-6-18-34)53-49(52)35-19-7-3-8-20-35/h2-32,40,45-46,49,53H,51-52H2,1H3/t40?,45-,46?,49?,50?/m0/s1. The van der Waals surface area contributed by atoms with Crippen LogP contribution in [0.4, 0.5) is 0 Å². The Morgan fingerprint density at radius 1 is 0.545 bits per heavy atom. The molecule has 2 aliphatic carbocycles. The van der Waals surface area contributed by atoms with Gasteiger partial charge in [0, 0.05) is 39.5 Å². The monoisotopic (exact) mass is 713 g/mol. The summed E-state index contributed by atoms with van der Waals surface area (Å²) in [5.74, 6) is 0.166. The fraction of sp³-hybridized carbons (Fsp3) is 0.120. The van der Waals surface area contributed by atoms with Gasteiger partial charge in [0.15, 0.2) is 0 Å². The lowest BCUT2D eigenvalue weighted by molar-refractivity contribution is 0.398. The molecule has 0 amide bonds. The zero-order chi connectivity index (χ0) is 37.1. The molecule has 55 heavy (non-hydrogen) atoms. The largest absolute Gasteiger partial charge is 0.322 e. The third kappa shape index (κ3) is 5.27. The molecule has 6 aromatic carbocycles. The summed E-state index contributed by atoms with van der Waals surface area (Å²) in [6, 6.07) is 57.4. The lowest BCUT2D eigenvalue weighted by atomic mass is 9.62. The summed E-state index contributed by atoms with van der Waals surface area (Å²) in [5.41, 5.74) is 26.7. The van der Waals surface area contributed by atoms with E-state index in [2.05, 4.69) is 173 Å². The van der Waals surface area contributed by atoms with Crippen LogP contribution in [-0.4, -0.2) is 9.13 Å². The summed E-state index contributed by atoms with van der Waals surface area (Å²) >= 11 is 0. The van der Waals surface area contributed by atoms with Crippen LogP contribution in [0.3, 0.4) is 0 Å². The summed E-state index contributed by atoms with van der Waals surface area (Å²) in [4.78, 5) is 0. The topological polar surface area (TPSA) is 73.9 Å². The van der Waals surface area contributed by atoms with E-state index >= 15 is 0 Å². The van der Waals surface area contributed by atoms with Gasteiger partial charge in [-0.3, -0.25) is 5.32 Å². The molecule has 0 saturated carbocycles. The summed E-state index contributed by atoms with van der Waals surface area (Å²) in [6.45, 7) is 2.42. The first kappa shape index (κ1) is 33.3. The first-order chi connectivity index (χ1) is 27.0. The second-order valence-corrected chi connectivity index (χ2v) is 15.1. The normalized spacial score (nSPS) is 18.8. The molecule has 5 heteroatoms. The van der Waals surface area contributed by atoms with E-state index in [1.165, 1.54) is 44.3 Å². The van der Waals surface area contributed by atoms with Crippen LogP contribution in [0.5, 0.6) is 0 Å². The number of rotatable bonds is 8. The quantitative estimate of drug-likeness (QED) is 0.137. The summed E-state index contributed by atoms with van der Waals surface area (Å²) < 4.78 is 4.98. The van der Waals surface area contributed by atoms with Gasteiger partial charge < -0.3 is 20.6 Å². The van der Waals surface area contributed by atoms with Crippen LogP contribution in [0.2, 0.25) is 0 Å². The number of nitrogens with zero attached hydrogens (tertiary/aromatic N) is 2. The Bertz CT molecular complexity index is 2720. The van der Waals surface area contributed by atoms with Crippen molar-refractivity contribution >= 4 is 21.8 Å². The molecule has 8 aromatic rings. The number of fused-ring (bicyclic) bond motifs is 10. The Morgan fingerprint density at radius 3 is 1.78 bits per heavy atom. The maximum atomic E-state index is 7.21. The molecule has 0 bridgehead atoms. The van der Waals surface area contributed by atoms with Gasteiger partial charge in [0.25, 0.3) is 0 Å². The molecule has 5 atom stereocenters.